The van der Waals surface area contributed by atoms with Crippen LogP contribution in [0.1, 0.15) is 40.1 Å². The Morgan fingerprint density at radius 2 is 1.56 bits per heavy atom. The van der Waals surface area contributed by atoms with Gasteiger partial charge in [-0.15, -0.1) is 0 Å². The molecular formula is C20H22N2O4S. The lowest BCUT2D eigenvalue weighted by Crippen LogP contribution is -2.21. The molecule has 2 aromatic rings. The predicted octanol–water partition coefficient (Wildman–Crippen LogP) is 4.16. The lowest BCUT2D eigenvalue weighted by atomic mass is 10.1. The van der Waals surface area contributed by atoms with Crippen LogP contribution in [0.5, 0.6) is 0 Å². The van der Waals surface area contributed by atoms with Crippen molar-refractivity contribution >= 4 is 40.6 Å². The number of anilines is 2. The van der Waals surface area contributed by atoms with Crippen LogP contribution < -0.4 is 10.6 Å². The van der Waals surface area contributed by atoms with E-state index in [0.717, 1.165) is 11.3 Å². The van der Waals surface area contributed by atoms with Crippen molar-refractivity contribution in [1.29, 1.82) is 0 Å². The highest BCUT2D eigenvalue weighted by atomic mass is 32.1. The van der Waals surface area contributed by atoms with Crippen molar-refractivity contribution in [2.24, 2.45) is 0 Å². The summed E-state index contributed by atoms with van der Waals surface area (Å²) in [6.45, 7) is 5.94. The van der Waals surface area contributed by atoms with Gasteiger partial charge in [0.25, 0.3) is 0 Å². The van der Waals surface area contributed by atoms with Crippen molar-refractivity contribution in [1.82, 2.24) is 0 Å². The average molecular weight is 386 g/mol. The third-order valence-electron chi connectivity index (χ3n) is 3.58. The molecule has 0 unspecified atom stereocenters. The molecular weight excluding hydrogens is 364 g/mol. The Kier molecular flexibility index (Phi) is 7.31. The van der Waals surface area contributed by atoms with Gasteiger partial charge in [-0.1, -0.05) is 17.7 Å². The van der Waals surface area contributed by atoms with Gasteiger partial charge in [-0.25, -0.2) is 9.59 Å². The van der Waals surface area contributed by atoms with Gasteiger partial charge in [-0.3, -0.25) is 0 Å². The fourth-order valence-corrected chi connectivity index (χ4v) is 2.53. The van der Waals surface area contributed by atoms with Crippen LogP contribution in [0.3, 0.4) is 0 Å². The van der Waals surface area contributed by atoms with Crippen molar-refractivity contribution in [2.45, 2.75) is 20.8 Å². The maximum absolute atomic E-state index is 12.2. The Labute approximate surface area is 163 Å². The summed E-state index contributed by atoms with van der Waals surface area (Å²) in [5.41, 5.74) is 2.88. The van der Waals surface area contributed by atoms with Crippen molar-refractivity contribution in [3.8, 4) is 0 Å². The number of nitrogens with one attached hydrogen (secondary N) is 2. The van der Waals surface area contributed by atoms with Gasteiger partial charge in [0.15, 0.2) is 5.11 Å². The molecule has 27 heavy (non-hydrogen) atoms. The SMILES string of the molecule is CCOC(=O)c1ccc(C(=O)OCC)c(NC(=S)Nc2ccc(C)cc2)c1. The van der Waals surface area contributed by atoms with E-state index in [2.05, 4.69) is 10.6 Å². The van der Waals surface area contributed by atoms with E-state index in [-0.39, 0.29) is 23.9 Å². The number of aryl methyl sites for hydroxylation is 1. The third-order valence-corrected chi connectivity index (χ3v) is 3.79. The summed E-state index contributed by atoms with van der Waals surface area (Å²) in [4.78, 5) is 24.2. The first kappa shape index (κ1) is 20.4. The molecule has 0 aliphatic heterocycles. The first-order valence-corrected chi connectivity index (χ1v) is 8.98. The van der Waals surface area contributed by atoms with Crippen LogP contribution in [0.15, 0.2) is 42.5 Å². The topological polar surface area (TPSA) is 76.7 Å². The molecule has 2 N–H and O–H groups in total. The van der Waals surface area contributed by atoms with Crippen LogP contribution in [0.2, 0.25) is 0 Å². The van der Waals surface area contributed by atoms with Gasteiger partial charge in [0.05, 0.1) is 30.0 Å². The minimum atomic E-state index is -0.506. The molecule has 0 radical (unpaired) electrons. The van der Waals surface area contributed by atoms with Gasteiger partial charge in [0.1, 0.15) is 0 Å². The Morgan fingerprint density at radius 3 is 2.19 bits per heavy atom. The number of carbonyl (C=O) groups is 2. The number of benzene rings is 2. The van der Waals surface area contributed by atoms with Crippen LogP contribution in [-0.2, 0) is 9.47 Å². The van der Waals surface area contributed by atoms with Crippen LogP contribution >= 0.6 is 12.2 Å². The molecule has 7 heteroatoms. The smallest absolute Gasteiger partial charge is 0.340 e. The molecule has 0 heterocycles. The third kappa shape index (κ3) is 5.79. The van der Waals surface area contributed by atoms with E-state index in [1.165, 1.54) is 18.2 Å². The van der Waals surface area contributed by atoms with Gasteiger partial charge in [-0.05, 0) is 63.3 Å². The Hall–Kier alpha value is -2.93. The zero-order chi connectivity index (χ0) is 19.8. The number of hydrogen-bond donors (Lipinski definition) is 2. The van der Waals surface area contributed by atoms with Crippen molar-refractivity contribution < 1.29 is 19.1 Å². The standard InChI is InChI=1S/C20H22N2O4S/c1-4-25-18(23)14-8-11-16(19(24)26-5-2)17(12-14)22-20(27)21-15-9-6-13(3)7-10-15/h6-12H,4-5H2,1-3H3,(H2,21,22,27). The lowest BCUT2D eigenvalue weighted by molar-refractivity contribution is 0.0512. The second-order valence-electron chi connectivity index (χ2n) is 5.65. The summed E-state index contributed by atoms with van der Waals surface area (Å²) < 4.78 is 10.1. The molecule has 0 aliphatic carbocycles. The summed E-state index contributed by atoms with van der Waals surface area (Å²) in [5.74, 6) is -0.984. The summed E-state index contributed by atoms with van der Waals surface area (Å²) in [6.07, 6.45) is 0. The van der Waals surface area contributed by atoms with E-state index in [1.54, 1.807) is 13.8 Å². The van der Waals surface area contributed by atoms with Gasteiger partial charge >= 0.3 is 11.9 Å². The molecule has 2 aromatic carbocycles. The Balaban J connectivity index is 2.25. The Bertz CT molecular complexity index is 834. The minimum absolute atomic E-state index is 0.240. The molecule has 0 spiro atoms. The molecule has 0 bridgehead atoms. The summed E-state index contributed by atoms with van der Waals surface area (Å²) in [7, 11) is 0. The molecule has 0 aromatic heterocycles. The van der Waals surface area contributed by atoms with E-state index in [9.17, 15) is 9.59 Å². The van der Waals surface area contributed by atoms with Gasteiger partial charge in [0, 0.05) is 5.69 Å². The highest BCUT2D eigenvalue weighted by molar-refractivity contribution is 7.80. The number of hydrogen-bond acceptors (Lipinski definition) is 5. The molecule has 2 rings (SSSR count). The molecule has 0 aliphatic rings. The molecule has 0 fully saturated rings. The fourth-order valence-electron chi connectivity index (χ4n) is 2.30. The van der Waals surface area contributed by atoms with E-state index in [4.69, 9.17) is 21.7 Å². The molecule has 0 saturated heterocycles. The molecule has 6 nitrogen and oxygen atoms in total. The van der Waals surface area contributed by atoms with Crippen molar-refractivity contribution in [3.63, 3.8) is 0 Å². The summed E-state index contributed by atoms with van der Waals surface area (Å²) in [5, 5.41) is 6.29. The van der Waals surface area contributed by atoms with Crippen molar-refractivity contribution in [2.75, 3.05) is 23.8 Å². The highest BCUT2D eigenvalue weighted by Crippen LogP contribution is 2.21. The Morgan fingerprint density at radius 1 is 0.926 bits per heavy atom. The second kappa shape index (κ2) is 9.68. The number of thiocarbonyl (C=S) groups is 1. The van der Waals surface area contributed by atoms with E-state index >= 15 is 0 Å². The molecule has 142 valence electrons. The lowest BCUT2D eigenvalue weighted by Gasteiger charge is -2.15. The van der Waals surface area contributed by atoms with Crippen LogP contribution in [-0.4, -0.2) is 30.3 Å². The van der Waals surface area contributed by atoms with Crippen LogP contribution in [0, 0.1) is 6.92 Å². The van der Waals surface area contributed by atoms with Gasteiger partial charge in [-0.2, -0.15) is 0 Å². The van der Waals surface area contributed by atoms with E-state index < -0.39 is 11.9 Å². The van der Waals surface area contributed by atoms with Crippen molar-refractivity contribution in [3.05, 3.63) is 59.2 Å². The fraction of sp³-hybridized carbons (Fsp3) is 0.250. The maximum atomic E-state index is 12.2. The molecule has 0 saturated carbocycles. The predicted molar refractivity (Wildman–Crippen MR) is 109 cm³/mol. The minimum Gasteiger partial charge on any atom is -0.462 e. The highest BCUT2D eigenvalue weighted by Gasteiger charge is 2.17. The quantitative estimate of drug-likeness (QED) is 0.570. The number of esters is 2. The zero-order valence-corrected chi connectivity index (χ0v) is 16.3. The zero-order valence-electron chi connectivity index (χ0n) is 15.5. The summed E-state index contributed by atoms with van der Waals surface area (Å²) in [6, 6.07) is 12.3. The second-order valence-corrected chi connectivity index (χ2v) is 6.05. The number of rotatable bonds is 6. The summed E-state index contributed by atoms with van der Waals surface area (Å²) >= 11 is 5.33. The number of carbonyl (C=O) groups excluding carboxylic acids is 2. The maximum Gasteiger partial charge on any atom is 0.340 e. The molecule has 0 atom stereocenters. The van der Waals surface area contributed by atoms with Gasteiger partial charge < -0.3 is 20.1 Å². The monoisotopic (exact) mass is 386 g/mol. The molecule has 0 amide bonds. The average Bonchev–Trinajstić information content (AvgIpc) is 2.64. The largest absolute Gasteiger partial charge is 0.462 e. The van der Waals surface area contributed by atoms with Crippen LogP contribution in [0.4, 0.5) is 11.4 Å². The first-order chi connectivity index (χ1) is 12.9. The first-order valence-electron chi connectivity index (χ1n) is 8.57. The normalized spacial score (nSPS) is 10.0. The van der Waals surface area contributed by atoms with Crippen LogP contribution in [0.25, 0.3) is 0 Å². The van der Waals surface area contributed by atoms with E-state index in [1.807, 2.05) is 31.2 Å². The van der Waals surface area contributed by atoms with Gasteiger partial charge in [0.2, 0.25) is 0 Å². The number of ether oxygens (including phenoxy) is 2. The van der Waals surface area contributed by atoms with E-state index in [0.29, 0.717) is 11.3 Å².